The maximum absolute atomic E-state index is 12.5. The molecule has 0 aliphatic heterocycles. The van der Waals surface area contributed by atoms with Crippen molar-refractivity contribution in [1.29, 1.82) is 0 Å². The predicted molar refractivity (Wildman–Crippen MR) is 127 cm³/mol. The first-order valence-corrected chi connectivity index (χ1v) is 13.5. The summed E-state index contributed by atoms with van der Waals surface area (Å²) in [7, 11) is 2.26. The van der Waals surface area contributed by atoms with Crippen LogP contribution in [-0.4, -0.2) is 42.9 Å². The Labute approximate surface area is 181 Å². The van der Waals surface area contributed by atoms with Gasteiger partial charge in [0.05, 0.1) is 27.7 Å². The van der Waals surface area contributed by atoms with Crippen LogP contribution in [0.3, 0.4) is 0 Å². The summed E-state index contributed by atoms with van der Waals surface area (Å²) in [6.07, 6.45) is 24.2. The SMILES string of the molecule is CCCCCC/C=C\CCCC/C=C\CCCCOP(=O)(O)C(CC)[N+](C)(C)C. The fraction of sp³-hybridized carbons (Fsp3) is 0.833. The molecule has 0 radical (unpaired) electrons. The number of hydrogen-bond donors (Lipinski definition) is 1. The van der Waals surface area contributed by atoms with E-state index in [2.05, 4.69) is 31.2 Å². The van der Waals surface area contributed by atoms with Gasteiger partial charge in [0.25, 0.3) is 0 Å². The Hall–Kier alpha value is -0.410. The largest absolute Gasteiger partial charge is 0.385 e. The number of hydrogen-bond acceptors (Lipinski definition) is 2. The molecular formula is C24H49NO3P+. The van der Waals surface area contributed by atoms with Gasteiger partial charge in [-0.1, -0.05) is 57.4 Å². The van der Waals surface area contributed by atoms with Crippen LogP contribution < -0.4 is 0 Å². The van der Waals surface area contributed by atoms with Crippen molar-refractivity contribution < 1.29 is 18.5 Å². The van der Waals surface area contributed by atoms with Crippen molar-refractivity contribution in [3.63, 3.8) is 0 Å². The number of unbranched alkanes of at least 4 members (excludes halogenated alkanes) is 9. The van der Waals surface area contributed by atoms with Gasteiger partial charge in [-0.05, 0) is 57.8 Å². The smallest absolute Gasteiger partial charge is 0.320 e. The maximum Gasteiger partial charge on any atom is 0.385 e. The Morgan fingerprint density at radius 3 is 1.66 bits per heavy atom. The molecule has 5 heteroatoms. The Morgan fingerprint density at radius 2 is 1.24 bits per heavy atom. The van der Waals surface area contributed by atoms with Crippen LogP contribution in [0.4, 0.5) is 0 Å². The van der Waals surface area contributed by atoms with Gasteiger partial charge < -0.3 is 13.9 Å². The van der Waals surface area contributed by atoms with Crippen LogP contribution in [0.1, 0.15) is 97.3 Å². The summed E-state index contributed by atoms with van der Waals surface area (Å²) >= 11 is 0. The molecule has 29 heavy (non-hydrogen) atoms. The highest BCUT2D eigenvalue weighted by Gasteiger charge is 2.41. The molecule has 0 spiro atoms. The molecule has 1 N–H and O–H groups in total. The van der Waals surface area contributed by atoms with E-state index in [-0.39, 0.29) is 5.78 Å². The van der Waals surface area contributed by atoms with Gasteiger partial charge in [-0.3, -0.25) is 4.57 Å². The lowest BCUT2D eigenvalue weighted by atomic mass is 10.1. The molecule has 0 bridgehead atoms. The van der Waals surface area contributed by atoms with Crippen LogP contribution in [0, 0.1) is 0 Å². The van der Waals surface area contributed by atoms with Crippen molar-refractivity contribution in [2.45, 2.75) is 103 Å². The third kappa shape index (κ3) is 16.0. The lowest BCUT2D eigenvalue weighted by Crippen LogP contribution is -2.44. The lowest BCUT2D eigenvalue weighted by molar-refractivity contribution is -0.883. The molecule has 0 aromatic heterocycles. The first-order chi connectivity index (χ1) is 13.8. The molecule has 0 heterocycles. The van der Waals surface area contributed by atoms with E-state index in [4.69, 9.17) is 4.52 Å². The van der Waals surface area contributed by atoms with Gasteiger partial charge in [0, 0.05) is 6.42 Å². The quantitative estimate of drug-likeness (QED) is 0.100. The van der Waals surface area contributed by atoms with Gasteiger partial charge >= 0.3 is 7.60 Å². The molecule has 2 atom stereocenters. The molecular weight excluding hydrogens is 381 g/mol. The highest BCUT2D eigenvalue weighted by molar-refractivity contribution is 7.53. The van der Waals surface area contributed by atoms with Crippen LogP contribution in [0.2, 0.25) is 0 Å². The van der Waals surface area contributed by atoms with E-state index in [0.717, 1.165) is 25.7 Å². The minimum Gasteiger partial charge on any atom is -0.320 e. The van der Waals surface area contributed by atoms with Crippen molar-refractivity contribution in [2.24, 2.45) is 0 Å². The highest BCUT2D eigenvalue weighted by atomic mass is 31.2. The van der Waals surface area contributed by atoms with E-state index in [0.29, 0.717) is 17.5 Å². The Bertz CT molecular complexity index is 483. The Balaban J connectivity index is 3.64. The number of allylic oxidation sites excluding steroid dienone is 4. The summed E-state index contributed by atoms with van der Waals surface area (Å²) in [5.41, 5.74) is 0. The minimum atomic E-state index is -3.57. The topological polar surface area (TPSA) is 46.5 Å². The van der Waals surface area contributed by atoms with Gasteiger partial charge in [-0.25, -0.2) is 0 Å². The van der Waals surface area contributed by atoms with Crippen molar-refractivity contribution in [3.8, 4) is 0 Å². The van der Waals surface area contributed by atoms with Gasteiger partial charge in [-0.15, -0.1) is 0 Å². The number of quaternary nitrogens is 1. The number of nitrogens with zero attached hydrogens (tertiary/aromatic N) is 1. The van der Waals surface area contributed by atoms with E-state index in [1.807, 2.05) is 28.1 Å². The molecule has 0 fully saturated rings. The third-order valence-corrected chi connectivity index (χ3v) is 7.59. The van der Waals surface area contributed by atoms with E-state index >= 15 is 0 Å². The lowest BCUT2D eigenvalue weighted by Gasteiger charge is -2.35. The predicted octanol–water partition coefficient (Wildman–Crippen LogP) is 7.44. The van der Waals surface area contributed by atoms with Crippen molar-refractivity contribution in [2.75, 3.05) is 27.7 Å². The molecule has 0 aromatic rings. The van der Waals surface area contributed by atoms with E-state index < -0.39 is 7.60 Å². The molecule has 0 aromatic carbocycles. The van der Waals surface area contributed by atoms with Crippen molar-refractivity contribution in [3.05, 3.63) is 24.3 Å². The summed E-state index contributed by atoms with van der Waals surface area (Å²) in [6, 6.07) is 0. The standard InChI is InChI=1S/C24H48NO3P/c1-6-8-9-10-11-12-13-14-15-16-17-18-19-20-21-22-23-28-29(26,27)24(7-2)25(3,4)5/h12-13,18-19,24H,6-11,14-17,20-23H2,1-5H3/p+1/b13-12-,19-18-. The minimum absolute atomic E-state index is 0.363. The summed E-state index contributed by atoms with van der Waals surface area (Å²) in [6.45, 7) is 4.56. The zero-order valence-corrected chi connectivity index (χ0v) is 20.8. The fourth-order valence-electron chi connectivity index (χ4n) is 3.55. The Kier molecular flexibility index (Phi) is 17.0. The van der Waals surface area contributed by atoms with Crippen molar-refractivity contribution in [1.82, 2.24) is 0 Å². The fourth-order valence-corrected chi connectivity index (χ4v) is 5.45. The van der Waals surface area contributed by atoms with Crippen LogP contribution in [0.5, 0.6) is 0 Å². The monoisotopic (exact) mass is 430 g/mol. The molecule has 4 nitrogen and oxygen atoms in total. The first-order valence-electron chi connectivity index (χ1n) is 11.8. The van der Waals surface area contributed by atoms with Crippen LogP contribution >= 0.6 is 7.60 Å². The summed E-state index contributed by atoms with van der Waals surface area (Å²) in [5, 5.41) is 0. The van der Waals surface area contributed by atoms with Gasteiger partial charge in [0.15, 0.2) is 5.78 Å². The number of rotatable bonds is 19. The molecule has 2 unspecified atom stereocenters. The van der Waals surface area contributed by atoms with Crippen LogP contribution in [-0.2, 0) is 9.09 Å². The van der Waals surface area contributed by atoms with E-state index in [1.54, 1.807) is 0 Å². The normalized spacial score (nSPS) is 15.9. The second-order valence-corrected chi connectivity index (χ2v) is 11.0. The third-order valence-electron chi connectivity index (χ3n) is 5.23. The molecule has 0 rings (SSSR count). The van der Waals surface area contributed by atoms with Gasteiger partial charge in [-0.2, -0.15) is 0 Å². The van der Waals surface area contributed by atoms with E-state index in [9.17, 15) is 9.46 Å². The molecule has 0 aliphatic carbocycles. The average molecular weight is 431 g/mol. The zero-order chi connectivity index (χ0) is 22.0. The first kappa shape index (κ1) is 28.6. The van der Waals surface area contributed by atoms with Crippen molar-refractivity contribution >= 4 is 7.60 Å². The zero-order valence-electron chi connectivity index (χ0n) is 19.9. The van der Waals surface area contributed by atoms with E-state index in [1.165, 1.54) is 51.4 Å². The molecule has 0 aliphatic rings. The molecule has 172 valence electrons. The summed E-state index contributed by atoms with van der Waals surface area (Å²) in [4.78, 5) is 10.2. The second-order valence-electron chi connectivity index (χ2n) is 8.97. The van der Waals surface area contributed by atoms with Crippen LogP contribution in [0.15, 0.2) is 24.3 Å². The average Bonchev–Trinajstić information content (AvgIpc) is 2.63. The van der Waals surface area contributed by atoms with Gasteiger partial charge in [0.1, 0.15) is 0 Å². The molecule has 0 amide bonds. The summed E-state index contributed by atoms with van der Waals surface area (Å²) < 4.78 is 18.3. The second kappa shape index (κ2) is 17.3. The van der Waals surface area contributed by atoms with Gasteiger partial charge in [0.2, 0.25) is 0 Å². The highest BCUT2D eigenvalue weighted by Crippen LogP contribution is 2.51. The molecule has 0 saturated heterocycles. The maximum atomic E-state index is 12.5. The summed E-state index contributed by atoms with van der Waals surface area (Å²) in [5.74, 6) is -0.363. The Morgan fingerprint density at radius 1 is 0.793 bits per heavy atom. The molecule has 0 saturated carbocycles. The van der Waals surface area contributed by atoms with Crippen LogP contribution in [0.25, 0.3) is 0 Å².